The summed E-state index contributed by atoms with van der Waals surface area (Å²) in [6.07, 6.45) is 5.10. The minimum atomic E-state index is -3.55. The minimum Gasteiger partial charge on any atom is -0.461 e. The largest absolute Gasteiger partial charge is 0.461 e. The first-order valence-electron chi connectivity index (χ1n) is 11.4. The molecule has 1 saturated heterocycles. The van der Waals surface area contributed by atoms with Crippen LogP contribution in [0.2, 0.25) is 0 Å². The molecular weight excluding hydrogens is 416 g/mol. The summed E-state index contributed by atoms with van der Waals surface area (Å²) < 4.78 is 33.1. The lowest BCUT2D eigenvalue weighted by Crippen LogP contribution is -2.62. The smallest absolute Gasteiger partial charge is 0.309 e. The summed E-state index contributed by atoms with van der Waals surface area (Å²) >= 11 is 0. The van der Waals surface area contributed by atoms with Gasteiger partial charge >= 0.3 is 5.97 Å². The van der Waals surface area contributed by atoms with E-state index >= 15 is 0 Å². The molecule has 0 spiro atoms. The van der Waals surface area contributed by atoms with Gasteiger partial charge in [0.2, 0.25) is 15.9 Å². The van der Waals surface area contributed by atoms with Gasteiger partial charge in [0.25, 0.3) is 0 Å². The molecule has 0 aromatic heterocycles. The van der Waals surface area contributed by atoms with E-state index in [-0.39, 0.29) is 41.7 Å². The maximum atomic E-state index is 13.0. The number of sulfonamides is 1. The molecule has 4 saturated carbocycles. The zero-order valence-electron chi connectivity index (χ0n) is 17.6. The van der Waals surface area contributed by atoms with Crippen LogP contribution in [-0.4, -0.2) is 43.8 Å². The van der Waals surface area contributed by atoms with Crippen LogP contribution in [0.4, 0.5) is 0 Å². The van der Waals surface area contributed by atoms with Crippen LogP contribution in [0.25, 0.3) is 0 Å². The van der Waals surface area contributed by atoms with Crippen LogP contribution in [0.15, 0.2) is 35.2 Å². The molecule has 31 heavy (non-hydrogen) atoms. The lowest BCUT2D eigenvalue weighted by Gasteiger charge is -2.58. The first-order chi connectivity index (χ1) is 14.8. The molecule has 0 radical (unpaired) electrons. The molecule has 3 unspecified atom stereocenters. The maximum Gasteiger partial charge on any atom is 0.309 e. The second kappa shape index (κ2) is 7.59. The van der Waals surface area contributed by atoms with Crippen molar-refractivity contribution in [2.24, 2.45) is 34.8 Å². The summed E-state index contributed by atoms with van der Waals surface area (Å²) in [7, 11) is -3.55. The Bertz CT molecular complexity index is 957. The van der Waals surface area contributed by atoms with Crippen molar-refractivity contribution < 1.29 is 22.7 Å². The molecule has 5 aliphatic rings. The van der Waals surface area contributed by atoms with E-state index in [0.717, 1.165) is 25.7 Å². The number of benzene rings is 1. The van der Waals surface area contributed by atoms with Crippen LogP contribution in [-0.2, 0) is 24.3 Å². The standard InChI is InChI=1S/C23H30N2O5S/c24-22(27)23-13-15-10-16(14-23)12-18(11-15)20(23)30-21(26)17-6-8-25(9-7-17)31(28,29)19-4-2-1-3-5-19/h1-5,15-18,20H,6-14H2,(H2,24,27). The van der Waals surface area contributed by atoms with Crippen molar-refractivity contribution in [2.75, 3.05) is 13.1 Å². The van der Waals surface area contributed by atoms with Crippen molar-refractivity contribution in [3.8, 4) is 0 Å². The number of amides is 1. The number of ether oxygens (including phenoxy) is 1. The first kappa shape index (κ1) is 20.9. The number of hydrogen-bond acceptors (Lipinski definition) is 5. The average molecular weight is 447 g/mol. The van der Waals surface area contributed by atoms with Gasteiger partial charge in [-0.3, -0.25) is 9.59 Å². The Morgan fingerprint density at radius 3 is 2.19 bits per heavy atom. The Morgan fingerprint density at radius 1 is 1.00 bits per heavy atom. The van der Waals surface area contributed by atoms with Gasteiger partial charge in [0.15, 0.2) is 0 Å². The highest BCUT2D eigenvalue weighted by molar-refractivity contribution is 7.89. The third-order valence-corrected chi connectivity index (χ3v) is 10.0. The quantitative estimate of drug-likeness (QED) is 0.699. The van der Waals surface area contributed by atoms with Gasteiger partial charge in [-0.15, -0.1) is 0 Å². The molecule has 1 aliphatic heterocycles. The van der Waals surface area contributed by atoms with Gasteiger partial charge < -0.3 is 10.5 Å². The number of rotatable bonds is 5. The third kappa shape index (κ3) is 3.48. The molecule has 1 heterocycles. The van der Waals surface area contributed by atoms with Crippen molar-refractivity contribution in [1.29, 1.82) is 0 Å². The molecule has 3 atom stereocenters. The van der Waals surface area contributed by atoms with Gasteiger partial charge in [-0.05, 0) is 74.8 Å². The average Bonchev–Trinajstić information content (AvgIpc) is 2.76. The lowest BCUT2D eigenvalue weighted by molar-refractivity contribution is -0.199. The summed E-state index contributed by atoms with van der Waals surface area (Å²) in [6.45, 7) is 0.576. The zero-order chi connectivity index (χ0) is 21.8. The maximum absolute atomic E-state index is 13.0. The molecule has 4 aliphatic carbocycles. The van der Waals surface area contributed by atoms with E-state index in [2.05, 4.69) is 0 Å². The molecule has 7 nitrogen and oxygen atoms in total. The number of nitrogens with two attached hydrogens (primary N) is 1. The monoisotopic (exact) mass is 446 g/mol. The number of esters is 1. The normalized spacial score (nSPS) is 35.7. The highest BCUT2D eigenvalue weighted by Gasteiger charge is 2.62. The van der Waals surface area contributed by atoms with Gasteiger partial charge in [0.1, 0.15) is 6.10 Å². The number of carbonyl (C=O) groups is 2. The van der Waals surface area contributed by atoms with Gasteiger partial charge in [0.05, 0.1) is 16.2 Å². The van der Waals surface area contributed by atoms with Crippen molar-refractivity contribution in [3.63, 3.8) is 0 Å². The Labute approximate surface area is 183 Å². The summed E-state index contributed by atoms with van der Waals surface area (Å²) in [5.41, 5.74) is 5.15. The molecule has 6 rings (SSSR count). The van der Waals surface area contributed by atoms with Crippen LogP contribution in [0.3, 0.4) is 0 Å². The second-order valence-corrected chi connectivity index (χ2v) is 11.9. The molecule has 168 valence electrons. The van der Waals surface area contributed by atoms with Crippen molar-refractivity contribution in [1.82, 2.24) is 4.31 Å². The van der Waals surface area contributed by atoms with E-state index in [1.165, 1.54) is 10.7 Å². The topological polar surface area (TPSA) is 107 Å². The highest BCUT2D eigenvalue weighted by Crippen LogP contribution is 2.61. The predicted molar refractivity (Wildman–Crippen MR) is 113 cm³/mol. The van der Waals surface area contributed by atoms with Crippen LogP contribution in [0, 0.1) is 29.1 Å². The Hall–Kier alpha value is -1.93. The molecule has 1 amide bonds. The van der Waals surface area contributed by atoms with Crippen LogP contribution < -0.4 is 5.73 Å². The van der Waals surface area contributed by atoms with Crippen molar-refractivity contribution >= 4 is 21.9 Å². The van der Waals surface area contributed by atoms with E-state index < -0.39 is 21.5 Å². The number of carbonyl (C=O) groups excluding carboxylic acids is 2. The van der Waals surface area contributed by atoms with Gasteiger partial charge in [-0.1, -0.05) is 18.2 Å². The molecule has 5 fully saturated rings. The fraction of sp³-hybridized carbons (Fsp3) is 0.652. The number of piperidine rings is 1. The Balaban J connectivity index is 1.25. The minimum absolute atomic E-state index is 0.223. The molecule has 4 bridgehead atoms. The second-order valence-electron chi connectivity index (χ2n) is 9.98. The van der Waals surface area contributed by atoms with Gasteiger partial charge in [-0.25, -0.2) is 8.42 Å². The van der Waals surface area contributed by atoms with Crippen LogP contribution in [0.5, 0.6) is 0 Å². The SMILES string of the molecule is NC(=O)C12CC3CC(CC(C3)C1OC(=O)C1CCN(S(=O)(=O)c3ccccc3)CC1)C2. The summed E-state index contributed by atoms with van der Waals surface area (Å²) in [4.78, 5) is 25.8. The van der Waals surface area contributed by atoms with Gasteiger partial charge in [0, 0.05) is 13.1 Å². The van der Waals surface area contributed by atoms with Crippen LogP contribution in [0.1, 0.15) is 44.9 Å². The first-order valence-corrected chi connectivity index (χ1v) is 12.8. The molecule has 2 N–H and O–H groups in total. The fourth-order valence-electron chi connectivity index (χ4n) is 6.84. The highest BCUT2D eigenvalue weighted by atomic mass is 32.2. The number of primary amides is 1. The number of nitrogens with zero attached hydrogens (tertiary/aromatic N) is 1. The Morgan fingerprint density at radius 2 is 1.61 bits per heavy atom. The van der Waals surface area contributed by atoms with E-state index in [1.54, 1.807) is 30.3 Å². The van der Waals surface area contributed by atoms with Crippen LogP contribution >= 0.6 is 0 Å². The van der Waals surface area contributed by atoms with E-state index in [0.29, 0.717) is 24.7 Å². The lowest BCUT2D eigenvalue weighted by atomic mass is 9.48. The van der Waals surface area contributed by atoms with E-state index in [1.807, 2.05) is 0 Å². The molecule has 8 heteroatoms. The number of hydrogen-bond donors (Lipinski definition) is 1. The molecule has 1 aromatic rings. The fourth-order valence-corrected chi connectivity index (χ4v) is 8.33. The summed E-state index contributed by atoms with van der Waals surface area (Å²) in [5.74, 6) is 0.298. The summed E-state index contributed by atoms with van der Waals surface area (Å²) in [5, 5.41) is 0. The zero-order valence-corrected chi connectivity index (χ0v) is 18.4. The van der Waals surface area contributed by atoms with Gasteiger partial charge in [-0.2, -0.15) is 4.31 Å². The van der Waals surface area contributed by atoms with Crippen molar-refractivity contribution in [3.05, 3.63) is 30.3 Å². The van der Waals surface area contributed by atoms with E-state index in [9.17, 15) is 18.0 Å². The van der Waals surface area contributed by atoms with Crippen molar-refractivity contribution in [2.45, 2.75) is 55.9 Å². The third-order valence-electron chi connectivity index (χ3n) is 8.12. The molecular formula is C23H30N2O5S. The van der Waals surface area contributed by atoms with E-state index in [4.69, 9.17) is 10.5 Å². The summed E-state index contributed by atoms with van der Waals surface area (Å²) in [6, 6.07) is 8.37. The predicted octanol–water partition coefficient (Wildman–Crippen LogP) is 2.31. The Kier molecular flexibility index (Phi) is 5.13. The molecule has 1 aromatic carbocycles.